The van der Waals surface area contributed by atoms with Crippen molar-refractivity contribution in [3.63, 3.8) is 0 Å². The fourth-order valence-corrected chi connectivity index (χ4v) is 5.16. The number of alkyl halides is 1. The number of carbonyl (C=O) groups excluding carboxylic acids is 1. The first-order chi connectivity index (χ1) is 9.46. The van der Waals surface area contributed by atoms with Gasteiger partial charge >= 0.3 is 5.97 Å². The number of nitrogens with zero attached hydrogens (tertiary/aromatic N) is 1. The predicted molar refractivity (Wildman–Crippen MR) is 82.7 cm³/mol. The molecule has 20 heavy (non-hydrogen) atoms. The molecule has 0 aromatic heterocycles. The number of esters is 1. The molecule has 0 aromatic rings. The minimum Gasteiger partial charge on any atom is -0.465 e. The van der Waals surface area contributed by atoms with E-state index in [1.165, 1.54) is 49.7 Å². The molecule has 3 rings (SSSR count). The van der Waals surface area contributed by atoms with E-state index in [0.29, 0.717) is 17.4 Å². The third kappa shape index (κ3) is 2.54. The Morgan fingerprint density at radius 3 is 2.70 bits per heavy atom. The van der Waals surface area contributed by atoms with Gasteiger partial charge in [0.1, 0.15) is 0 Å². The van der Waals surface area contributed by atoms with Crippen molar-refractivity contribution in [2.75, 3.05) is 26.7 Å². The van der Waals surface area contributed by atoms with E-state index >= 15 is 0 Å². The first kappa shape index (κ1) is 14.8. The summed E-state index contributed by atoms with van der Waals surface area (Å²) in [7, 11) is 2.41. The van der Waals surface area contributed by atoms with E-state index in [2.05, 4.69) is 23.0 Å². The lowest BCUT2D eigenvalue weighted by Gasteiger charge is -2.51. The highest BCUT2D eigenvalue weighted by molar-refractivity contribution is 9.09. The molecule has 2 aliphatic heterocycles. The van der Waals surface area contributed by atoms with Gasteiger partial charge in [-0.15, -0.1) is 0 Å². The van der Waals surface area contributed by atoms with Crippen LogP contribution in [0.2, 0.25) is 0 Å². The Bertz CT molecular complexity index is 398. The van der Waals surface area contributed by atoms with Crippen molar-refractivity contribution in [2.45, 2.75) is 56.3 Å². The first-order valence-corrected chi connectivity index (χ1v) is 9.03. The zero-order valence-electron chi connectivity index (χ0n) is 12.7. The summed E-state index contributed by atoms with van der Waals surface area (Å²) in [6.45, 7) is 5.29. The molecule has 1 aliphatic carbocycles. The van der Waals surface area contributed by atoms with Gasteiger partial charge in [-0.1, -0.05) is 15.9 Å². The molecule has 3 nitrogen and oxygen atoms in total. The highest BCUT2D eigenvalue weighted by Gasteiger charge is 2.56. The van der Waals surface area contributed by atoms with E-state index in [9.17, 15) is 4.79 Å². The Morgan fingerprint density at radius 1 is 1.30 bits per heavy atom. The third-order valence-electron chi connectivity index (χ3n) is 6.04. The maximum Gasteiger partial charge on any atom is 0.312 e. The second kappa shape index (κ2) is 5.28. The lowest BCUT2D eigenvalue weighted by molar-refractivity contribution is -0.947. The molecule has 0 radical (unpaired) electrons. The van der Waals surface area contributed by atoms with Crippen LogP contribution in [-0.2, 0) is 9.53 Å². The topological polar surface area (TPSA) is 26.3 Å². The quantitative estimate of drug-likeness (QED) is 0.446. The van der Waals surface area contributed by atoms with Gasteiger partial charge in [0.05, 0.1) is 38.2 Å². The van der Waals surface area contributed by atoms with Crippen LogP contribution in [0.15, 0.2) is 0 Å². The van der Waals surface area contributed by atoms with Crippen LogP contribution in [0, 0.1) is 11.3 Å². The van der Waals surface area contributed by atoms with Crippen molar-refractivity contribution in [3.05, 3.63) is 0 Å². The van der Waals surface area contributed by atoms with Crippen molar-refractivity contribution >= 4 is 21.9 Å². The van der Waals surface area contributed by atoms with Crippen LogP contribution in [0.1, 0.15) is 45.4 Å². The summed E-state index contributed by atoms with van der Waals surface area (Å²) in [6.07, 6.45) is 7.48. The largest absolute Gasteiger partial charge is 0.465 e. The second-order valence-electron chi connectivity index (χ2n) is 7.58. The van der Waals surface area contributed by atoms with E-state index in [1.807, 2.05) is 6.92 Å². The molecule has 0 spiro atoms. The van der Waals surface area contributed by atoms with Crippen molar-refractivity contribution in [3.8, 4) is 0 Å². The molecule has 2 saturated heterocycles. The lowest BCUT2D eigenvalue weighted by Crippen LogP contribution is -2.61. The molecule has 3 fully saturated rings. The van der Waals surface area contributed by atoms with Gasteiger partial charge in [-0.2, -0.15) is 0 Å². The summed E-state index contributed by atoms with van der Waals surface area (Å²) >= 11 is 3.53. The summed E-state index contributed by atoms with van der Waals surface area (Å²) in [4.78, 5) is 12.5. The van der Waals surface area contributed by atoms with E-state index in [0.717, 1.165) is 12.5 Å². The van der Waals surface area contributed by atoms with Gasteiger partial charge in [0.2, 0.25) is 0 Å². The normalized spacial score (nSPS) is 47.5. The zero-order chi connectivity index (χ0) is 14.4. The predicted octanol–water partition coefficient (Wildman–Crippen LogP) is 3.11. The Balaban J connectivity index is 1.58. The average Bonchev–Trinajstić information content (AvgIpc) is 3.04. The molecule has 5 atom stereocenters. The Morgan fingerprint density at radius 2 is 2.00 bits per heavy atom. The minimum absolute atomic E-state index is 0.00922. The van der Waals surface area contributed by atoms with Crippen LogP contribution in [-0.4, -0.2) is 48.1 Å². The van der Waals surface area contributed by atoms with E-state index in [1.54, 1.807) is 0 Å². The summed E-state index contributed by atoms with van der Waals surface area (Å²) < 4.78 is 6.92. The number of piperidine rings is 2. The Kier molecular flexibility index (Phi) is 3.91. The van der Waals surface area contributed by atoms with Crippen LogP contribution in [0.4, 0.5) is 0 Å². The molecule has 0 bridgehead atoms. The molecule has 0 amide bonds. The number of hydrogen-bond acceptors (Lipinski definition) is 2. The van der Waals surface area contributed by atoms with Gasteiger partial charge in [0.15, 0.2) is 0 Å². The molecule has 1 saturated carbocycles. The van der Waals surface area contributed by atoms with Crippen LogP contribution in [0.3, 0.4) is 0 Å². The van der Waals surface area contributed by atoms with Crippen molar-refractivity contribution < 1.29 is 14.0 Å². The van der Waals surface area contributed by atoms with Crippen molar-refractivity contribution in [1.29, 1.82) is 0 Å². The fraction of sp³-hybridized carbons (Fsp3) is 0.938. The van der Waals surface area contributed by atoms with E-state index in [-0.39, 0.29) is 11.4 Å². The molecule has 2 heterocycles. The SMILES string of the molecule is C[C@]1(C(=O)OC[C@@H]2CCC[N@@+]3(C)CCCC[C@H]23)C[C@@H]1Br. The maximum atomic E-state index is 12.2. The van der Waals surface area contributed by atoms with Crippen LogP contribution in [0.5, 0.6) is 0 Å². The number of hydrogen-bond donors (Lipinski definition) is 0. The third-order valence-corrected chi connectivity index (χ3v) is 7.37. The molecule has 0 N–H and O–H groups in total. The Labute approximate surface area is 130 Å². The molecule has 114 valence electrons. The Hall–Kier alpha value is -0.0900. The van der Waals surface area contributed by atoms with E-state index in [4.69, 9.17) is 4.74 Å². The smallest absolute Gasteiger partial charge is 0.312 e. The average molecular weight is 345 g/mol. The van der Waals surface area contributed by atoms with Gasteiger partial charge in [-0.05, 0) is 39.0 Å². The standard InChI is InChI=1S/C16H27BrNO2/c1-16(10-14(16)17)15(19)20-11-12-6-5-9-18(2)8-4-3-7-13(12)18/h12-14H,3-11H2,1-2H3/q+1/t12-,13+,14-,16-,18+/m0/s1. The summed E-state index contributed by atoms with van der Waals surface area (Å²) in [5.74, 6) is 0.587. The highest BCUT2D eigenvalue weighted by atomic mass is 79.9. The second-order valence-corrected chi connectivity index (χ2v) is 8.68. The van der Waals surface area contributed by atoms with Crippen molar-refractivity contribution in [1.82, 2.24) is 0 Å². The van der Waals surface area contributed by atoms with E-state index < -0.39 is 0 Å². The molecule has 0 unspecified atom stereocenters. The van der Waals surface area contributed by atoms with Crippen LogP contribution < -0.4 is 0 Å². The number of quaternary nitrogens is 1. The molecular formula is C16H27BrNO2+. The fourth-order valence-electron chi connectivity index (χ4n) is 4.30. The monoisotopic (exact) mass is 344 g/mol. The number of carbonyl (C=O) groups is 1. The number of ether oxygens (including phenoxy) is 1. The summed E-state index contributed by atoms with van der Waals surface area (Å²) in [5, 5.41) is 0. The van der Waals surface area contributed by atoms with Crippen LogP contribution in [0.25, 0.3) is 0 Å². The molecule has 4 heteroatoms. The summed E-state index contributed by atoms with van der Waals surface area (Å²) in [6, 6.07) is 0.720. The van der Waals surface area contributed by atoms with Gasteiger partial charge in [0, 0.05) is 17.2 Å². The number of halogens is 1. The molecular weight excluding hydrogens is 318 g/mol. The van der Waals surface area contributed by atoms with Crippen LogP contribution >= 0.6 is 15.9 Å². The molecule has 0 aromatic carbocycles. The summed E-state index contributed by atoms with van der Waals surface area (Å²) in [5.41, 5.74) is -0.251. The number of rotatable bonds is 3. The zero-order valence-corrected chi connectivity index (χ0v) is 14.3. The highest BCUT2D eigenvalue weighted by Crippen LogP contribution is 2.52. The first-order valence-electron chi connectivity index (χ1n) is 8.11. The minimum atomic E-state index is -0.251. The van der Waals surface area contributed by atoms with Gasteiger partial charge in [0.25, 0.3) is 0 Å². The number of fused-ring (bicyclic) bond motifs is 1. The van der Waals surface area contributed by atoms with Crippen molar-refractivity contribution in [2.24, 2.45) is 11.3 Å². The van der Waals surface area contributed by atoms with Gasteiger partial charge < -0.3 is 9.22 Å². The van der Waals surface area contributed by atoms with Gasteiger partial charge in [-0.25, -0.2) is 0 Å². The van der Waals surface area contributed by atoms with Gasteiger partial charge in [-0.3, -0.25) is 4.79 Å². The maximum absolute atomic E-state index is 12.2. The molecule has 3 aliphatic rings. The lowest BCUT2D eigenvalue weighted by atomic mass is 9.82.